The summed E-state index contributed by atoms with van der Waals surface area (Å²) in [6.07, 6.45) is 7.16. The van der Waals surface area contributed by atoms with Gasteiger partial charge >= 0.3 is 0 Å². The molecule has 0 aliphatic carbocycles. The van der Waals surface area contributed by atoms with E-state index in [-0.39, 0.29) is 6.23 Å². The van der Waals surface area contributed by atoms with Crippen LogP contribution in [0.4, 0.5) is 0 Å². The fourth-order valence-corrected chi connectivity index (χ4v) is 2.58. The van der Waals surface area contributed by atoms with Crippen molar-refractivity contribution >= 4 is 33.6 Å². The largest absolute Gasteiger partial charge is 0.356 e. The highest BCUT2D eigenvalue weighted by Gasteiger charge is 2.19. The average molecular weight is 329 g/mol. The Morgan fingerprint density at radius 3 is 3.19 bits per heavy atom. The number of fused-ring (bicyclic) bond motifs is 1. The number of hydrogen-bond donors (Lipinski definition) is 0. The number of rotatable bonds is 1. The summed E-state index contributed by atoms with van der Waals surface area (Å²) in [6.45, 7) is 0.829. The summed E-state index contributed by atoms with van der Waals surface area (Å²) in [5.74, 6) is 0. The lowest BCUT2D eigenvalue weighted by Crippen LogP contribution is -2.19. The summed E-state index contributed by atoms with van der Waals surface area (Å²) in [7, 11) is 0. The Kier molecular flexibility index (Phi) is 2.81. The number of halogens is 1. The molecule has 0 bridgehead atoms. The highest BCUT2D eigenvalue weighted by Crippen LogP contribution is 2.26. The molecule has 0 saturated carbocycles. The molecule has 2 aromatic heterocycles. The zero-order chi connectivity index (χ0) is 11.0. The fourth-order valence-electron chi connectivity index (χ4n) is 2.04. The maximum Gasteiger partial charge on any atom is 0.161 e. The van der Waals surface area contributed by atoms with Gasteiger partial charge in [0.25, 0.3) is 0 Å². The van der Waals surface area contributed by atoms with Crippen molar-refractivity contribution in [3.05, 3.63) is 22.0 Å². The molecule has 2 aromatic rings. The molecular formula is C11H12IN3O. The molecule has 84 valence electrons. The average Bonchev–Trinajstić information content (AvgIpc) is 2.75. The molecule has 0 radical (unpaired) electrons. The first kappa shape index (κ1) is 10.5. The lowest BCUT2D eigenvalue weighted by molar-refractivity contribution is -0.0370. The van der Waals surface area contributed by atoms with Gasteiger partial charge in [0, 0.05) is 16.4 Å². The normalized spacial score (nSPS) is 21.4. The summed E-state index contributed by atoms with van der Waals surface area (Å²) >= 11 is 2.31. The zero-order valence-corrected chi connectivity index (χ0v) is 10.9. The third-order valence-corrected chi connectivity index (χ3v) is 3.81. The van der Waals surface area contributed by atoms with E-state index in [2.05, 4.69) is 32.7 Å². The molecule has 0 aromatic carbocycles. The molecule has 1 aliphatic rings. The lowest BCUT2D eigenvalue weighted by Gasteiger charge is -2.22. The smallest absolute Gasteiger partial charge is 0.161 e. The Hall–Kier alpha value is -0.690. The van der Waals surface area contributed by atoms with Crippen LogP contribution >= 0.6 is 22.6 Å². The molecule has 0 spiro atoms. The van der Waals surface area contributed by atoms with E-state index in [1.165, 1.54) is 9.99 Å². The molecule has 1 atom stereocenters. The number of aromatic nitrogens is 3. The van der Waals surface area contributed by atoms with Gasteiger partial charge in [0.1, 0.15) is 0 Å². The minimum atomic E-state index is 0.0666. The van der Waals surface area contributed by atoms with E-state index >= 15 is 0 Å². The van der Waals surface area contributed by atoms with Crippen LogP contribution < -0.4 is 0 Å². The van der Waals surface area contributed by atoms with E-state index in [0.29, 0.717) is 0 Å². The minimum absolute atomic E-state index is 0.0666. The second-order valence-electron chi connectivity index (χ2n) is 3.94. The van der Waals surface area contributed by atoms with Gasteiger partial charge in [-0.25, -0.2) is 9.67 Å². The Morgan fingerprint density at radius 2 is 2.38 bits per heavy atom. The second kappa shape index (κ2) is 4.29. The summed E-state index contributed by atoms with van der Waals surface area (Å²) in [4.78, 5) is 4.39. The van der Waals surface area contributed by atoms with Crippen LogP contribution in [0.15, 0.2) is 18.5 Å². The fraction of sp³-hybridized carbons (Fsp3) is 0.455. The topological polar surface area (TPSA) is 39.9 Å². The minimum Gasteiger partial charge on any atom is -0.356 e. The first-order chi connectivity index (χ1) is 7.86. The van der Waals surface area contributed by atoms with Gasteiger partial charge in [-0.2, -0.15) is 5.10 Å². The van der Waals surface area contributed by atoms with Gasteiger partial charge in [-0.05, 0) is 47.9 Å². The molecule has 0 amide bonds. The summed E-state index contributed by atoms with van der Waals surface area (Å²) < 4.78 is 8.83. The zero-order valence-electron chi connectivity index (χ0n) is 8.77. The molecule has 16 heavy (non-hydrogen) atoms. The van der Waals surface area contributed by atoms with Crippen LogP contribution in [-0.4, -0.2) is 21.4 Å². The summed E-state index contributed by atoms with van der Waals surface area (Å²) in [5, 5.41) is 5.51. The van der Waals surface area contributed by atoms with Crippen molar-refractivity contribution in [1.29, 1.82) is 0 Å². The third kappa shape index (κ3) is 1.71. The van der Waals surface area contributed by atoms with E-state index in [4.69, 9.17) is 4.74 Å². The van der Waals surface area contributed by atoms with Gasteiger partial charge in [0.05, 0.1) is 11.6 Å². The van der Waals surface area contributed by atoms with Gasteiger partial charge in [-0.1, -0.05) is 0 Å². The first-order valence-corrected chi connectivity index (χ1v) is 6.53. The van der Waals surface area contributed by atoms with E-state index in [1.54, 1.807) is 0 Å². The van der Waals surface area contributed by atoms with Crippen LogP contribution in [0, 0.1) is 3.57 Å². The van der Waals surface area contributed by atoms with Gasteiger partial charge < -0.3 is 4.74 Å². The van der Waals surface area contributed by atoms with Crippen LogP contribution in [0.1, 0.15) is 25.5 Å². The Balaban J connectivity index is 2.06. The molecule has 5 heteroatoms. The summed E-state index contributed by atoms with van der Waals surface area (Å²) in [6, 6.07) is 2.00. The van der Waals surface area contributed by atoms with Crippen molar-refractivity contribution < 1.29 is 4.74 Å². The van der Waals surface area contributed by atoms with Crippen molar-refractivity contribution in [2.24, 2.45) is 0 Å². The van der Waals surface area contributed by atoms with Crippen molar-refractivity contribution in [2.45, 2.75) is 25.5 Å². The van der Waals surface area contributed by atoms with E-state index in [9.17, 15) is 0 Å². The molecule has 1 aliphatic heterocycles. The van der Waals surface area contributed by atoms with Crippen LogP contribution in [-0.2, 0) is 4.74 Å². The van der Waals surface area contributed by atoms with E-state index in [0.717, 1.165) is 30.5 Å². The molecule has 1 saturated heterocycles. The monoisotopic (exact) mass is 329 g/mol. The second-order valence-corrected chi connectivity index (χ2v) is 5.10. The van der Waals surface area contributed by atoms with Gasteiger partial charge in [0.2, 0.25) is 0 Å². The van der Waals surface area contributed by atoms with Gasteiger partial charge in [-0.15, -0.1) is 0 Å². The van der Waals surface area contributed by atoms with Crippen molar-refractivity contribution in [3.63, 3.8) is 0 Å². The van der Waals surface area contributed by atoms with Crippen LogP contribution in [0.25, 0.3) is 11.0 Å². The highest BCUT2D eigenvalue weighted by molar-refractivity contribution is 14.1. The number of hydrogen-bond acceptors (Lipinski definition) is 3. The molecule has 3 rings (SSSR count). The molecule has 1 unspecified atom stereocenters. The van der Waals surface area contributed by atoms with E-state index in [1.807, 2.05) is 23.1 Å². The standard InChI is InChI=1S/C11H12IN3O/c12-9-4-5-13-11-8(9)7-14-15(11)10-3-1-2-6-16-10/h4-5,7,10H,1-3,6H2. The predicted molar refractivity (Wildman–Crippen MR) is 69.1 cm³/mol. The van der Waals surface area contributed by atoms with Crippen LogP contribution in [0.3, 0.4) is 0 Å². The van der Waals surface area contributed by atoms with Crippen LogP contribution in [0.5, 0.6) is 0 Å². The lowest BCUT2D eigenvalue weighted by atomic mass is 10.2. The Labute approximate surface area is 107 Å². The number of pyridine rings is 1. The molecule has 4 nitrogen and oxygen atoms in total. The Morgan fingerprint density at radius 1 is 1.44 bits per heavy atom. The van der Waals surface area contributed by atoms with Crippen LogP contribution in [0.2, 0.25) is 0 Å². The number of nitrogens with zero attached hydrogens (tertiary/aromatic N) is 3. The third-order valence-electron chi connectivity index (χ3n) is 2.87. The molecule has 3 heterocycles. The van der Waals surface area contributed by atoms with Crippen molar-refractivity contribution in [1.82, 2.24) is 14.8 Å². The summed E-state index contributed by atoms with van der Waals surface area (Å²) in [5.41, 5.74) is 0.929. The van der Waals surface area contributed by atoms with Gasteiger partial charge in [0.15, 0.2) is 11.9 Å². The first-order valence-electron chi connectivity index (χ1n) is 5.45. The molecular weight excluding hydrogens is 317 g/mol. The van der Waals surface area contributed by atoms with E-state index < -0.39 is 0 Å². The number of ether oxygens (including phenoxy) is 1. The maximum atomic E-state index is 5.73. The SMILES string of the molecule is Ic1ccnc2c1cnn2C1CCCCO1. The maximum absolute atomic E-state index is 5.73. The molecule has 0 N–H and O–H groups in total. The quantitative estimate of drug-likeness (QED) is 0.756. The predicted octanol–water partition coefficient (Wildman–Crippen LogP) is 2.74. The van der Waals surface area contributed by atoms with Gasteiger partial charge in [-0.3, -0.25) is 0 Å². The molecule has 1 fully saturated rings. The Bertz CT molecular complexity index is 505. The van der Waals surface area contributed by atoms with Crippen molar-refractivity contribution in [2.75, 3.05) is 6.61 Å². The van der Waals surface area contributed by atoms with Crippen molar-refractivity contribution in [3.8, 4) is 0 Å². The highest BCUT2D eigenvalue weighted by atomic mass is 127.